The van der Waals surface area contributed by atoms with Gasteiger partial charge in [0.2, 0.25) is 5.88 Å². The number of para-hydroxylation sites is 1. The van der Waals surface area contributed by atoms with Crippen molar-refractivity contribution in [3.8, 4) is 22.8 Å². The summed E-state index contributed by atoms with van der Waals surface area (Å²) in [5.74, 6) is 0.750. The molecule has 176 valence electrons. The Morgan fingerprint density at radius 3 is 2.65 bits per heavy atom. The molecule has 0 atom stereocenters. The van der Waals surface area contributed by atoms with Crippen molar-refractivity contribution in [2.45, 2.75) is 6.92 Å². The van der Waals surface area contributed by atoms with Crippen molar-refractivity contribution >= 4 is 29.1 Å². The van der Waals surface area contributed by atoms with Gasteiger partial charge in [-0.2, -0.15) is 10.2 Å². The van der Waals surface area contributed by atoms with Crippen molar-refractivity contribution in [3.63, 3.8) is 0 Å². The van der Waals surface area contributed by atoms with Gasteiger partial charge in [0, 0.05) is 37.7 Å². The average Bonchev–Trinajstić information content (AvgIpc) is 3.39. The number of amides is 2. The highest BCUT2D eigenvalue weighted by Gasteiger charge is 2.20. The number of methoxy groups -OCH3 is 1. The zero-order valence-corrected chi connectivity index (χ0v) is 19.7. The normalized spacial score (nSPS) is 10.8. The number of carbonyl (C=O) groups is 1. The third kappa shape index (κ3) is 5.19. The van der Waals surface area contributed by atoms with Gasteiger partial charge < -0.3 is 14.8 Å². The number of hydrogen-bond acceptors (Lipinski definition) is 6. The minimum absolute atomic E-state index is 0.237. The predicted molar refractivity (Wildman–Crippen MR) is 130 cm³/mol. The summed E-state index contributed by atoms with van der Waals surface area (Å²) in [5.41, 5.74) is 3.46. The van der Waals surface area contributed by atoms with Gasteiger partial charge in [0.15, 0.2) is 0 Å². The molecule has 3 aromatic heterocycles. The summed E-state index contributed by atoms with van der Waals surface area (Å²) in [6.07, 6.45) is 5.05. The highest BCUT2D eigenvalue weighted by molar-refractivity contribution is 6.30. The Labute approximate surface area is 201 Å². The van der Waals surface area contributed by atoms with Gasteiger partial charge in [-0.3, -0.25) is 10.00 Å². The SMILES string of the molecule is COCCOc1ncc(Cl)cc1NC(=O)Nc1c(C)c(-c2cnn(C)c2)nn1-c1ccccc1. The van der Waals surface area contributed by atoms with Crippen LogP contribution in [0.3, 0.4) is 0 Å². The molecule has 0 aliphatic heterocycles. The van der Waals surface area contributed by atoms with Crippen molar-refractivity contribution in [2.24, 2.45) is 7.05 Å². The molecule has 0 radical (unpaired) electrons. The van der Waals surface area contributed by atoms with Crippen LogP contribution in [0.1, 0.15) is 5.56 Å². The second-order valence-electron chi connectivity index (χ2n) is 7.40. The van der Waals surface area contributed by atoms with E-state index in [1.807, 2.05) is 50.5 Å². The fraction of sp³-hybridized carbons (Fsp3) is 0.217. The summed E-state index contributed by atoms with van der Waals surface area (Å²) >= 11 is 6.09. The highest BCUT2D eigenvalue weighted by atomic mass is 35.5. The molecule has 2 amide bonds. The number of benzene rings is 1. The van der Waals surface area contributed by atoms with Gasteiger partial charge in [-0.1, -0.05) is 29.8 Å². The number of nitrogens with one attached hydrogen (secondary N) is 2. The Bertz CT molecular complexity index is 1290. The van der Waals surface area contributed by atoms with Crippen LogP contribution in [0.4, 0.5) is 16.3 Å². The van der Waals surface area contributed by atoms with Gasteiger partial charge in [0.1, 0.15) is 23.8 Å². The Morgan fingerprint density at radius 1 is 1.15 bits per heavy atom. The second kappa shape index (κ2) is 10.4. The fourth-order valence-corrected chi connectivity index (χ4v) is 3.49. The van der Waals surface area contributed by atoms with E-state index >= 15 is 0 Å². The Balaban J connectivity index is 1.64. The first-order valence-electron chi connectivity index (χ1n) is 10.5. The zero-order chi connectivity index (χ0) is 24.1. The molecule has 0 saturated carbocycles. The highest BCUT2D eigenvalue weighted by Crippen LogP contribution is 2.31. The van der Waals surface area contributed by atoms with Crippen LogP contribution >= 0.6 is 11.6 Å². The zero-order valence-electron chi connectivity index (χ0n) is 18.9. The molecule has 2 N–H and O–H groups in total. The number of pyridine rings is 1. The standard InChI is InChI=1S/C23H24ClN7O3/c1-15-20(16-12-26-30(2)14-16)29-31(18-7-5-4-6-8-18)21(15)28-23(32)27-19-11-17(24)13-25-22(19)34-10-9-33-3/h4-8,11-14H,9-10H2,1-3H3,(H2,27,28,32). The van der Waals surface area contributed by atoms with Crippen LogP contribution in [0.15, 0.2) is 55.0 Å². The number of carbonyl (C=O) groups excluding carboxylic acids is 1. The first-order valence-corrected chi connectivity index (χ1v) is 10.8. The van der Waals surface area contributed by atoms with Crippen LogP contribution in [-0.4, -0.2) is 50.9 Å². The van der Waals surface area contributed by atoms with E-state index < -0.39 is 6.03 Å². The van der Waals surface area contributed by atoms with Gasteiger partial charge in [0.05, 0.1) is 23.5 Å². The van der Waals surface area contributed by atoms with Crippen LogP contribution in [0.2, 0.25) is 5.02 Å². The van der Waals surface area contributed by atoms with Gasteiger partial charge >= 0.3 is 6.03 Å². The molecule has 3 heterocycles. The van der Waals surface area contributed by atoms with Crippen molar-refractivity contribution in [1.82, 2.24) is 24.5 Å². The molecule has 0 aliphatic carbocycles. The van der Waals surface area contributed by atoms with Crippen molar-refractivity contribution in [2.75, 3.05) is 31.0 Å². The van der Waals surface area contributed by atoms with E-state index in [-0.39, 0.29) is 12.5 Å². The first-order chi connectivity index (χ1) is 16.5. The monoisotopic (exact) mass is 481 g/mol. The van der Waals surface area contributed by atoms with Crippen molar-refractivity contribution < 1.29 is 14.3 Å². The molecule has 1 aromatic carbocycles. The lowest BCUT2D eigenvalue weighted by atomic mass is 10.1. The number of anilines is 2. The molecule has 0 bridgehead atoms. The summed E-state index contributed by atoms with van der Waals surface area (Å²) in [4.78, 5) is 17.2. The molecule has 34 heavy (non-hydrogen) atoms. The van der Waals surface area contributed by atoms with E-state index in [1.165, 1.54) is 6.20 Å². The summed E-state index contributed by atoms with van der Waals surface area (Å²) in [7, 11) is 3.41. The minimum Gasteiger partial charge on any atom is -0.474 e. The Kier molecular flexibility index (Phi) is 7.09. The van der Waals surface area contributed by atoms with E-state index in [9.17, 15) is 4.79 Å². The number of halogens is 1. The lowest BCUT2D eigenvalue weighted by Crippen LogP contribution is -2.22. The maximum atomic E-state index is 13.0. The van der Waals surface area contributed by atoms with Crippen LogP contribution < -0.4 is 15.4 Å². The van der Waals surface area contributed by atoms with Crippen LogP contribution in [-0.2, 0) is 11.8 Å². The largest absolute Gasteiger partial charge is 0.474 e. The van der Waals surface area contributed by atoms with Gasteiger partial charge in [0.25, 0.3) is 0 Å². The second-order valence-corrected chi connectivity index (χ2v) is 7.84. The Hall–Kier alpha value is -3.89. The molecule has 10 nitrogen and oxygen atoms in total. The maximum Gasteiger partial charge on any atom is 0.325 e. The molecule has 4 aromatic rings. The van der Waals surface area contributed by atoms with E-state index in [2.05, 4.69) is 20.7 Å². The van der Waals surface area contributed by atoms with Gasteiger partial charge in [-0.15, -0.1) is 0 Å². The topological polar surface area (TPSA) is 108 Å². The lowest BCUT2D eigenvalue weighted by Gasteiger charge is -2.14. The fourth-order valence-electron chi connectivity index (χ4n) is 3.33. The van der Waals surface area contributed by atoms with Crippen LogP contribution in [0.25, 0.3) is 16.9 Å². The number of ether oxygens (including phenoxy) is 2. The molecule has 0 fully saturated rings. The average molecular weight is 482 g/mol. The molecular weight excluding hydrogens is 458 g/mol. The number of urea groups is 1. The summed E-state index contributed by atoms with van der Waals surface area (Å²) in [5, 5.41) is 15.0. The predicted octanol–water partition coefficient (Wildman–Crippen LogP) is 4.30. The molecule has 0 saturated heterocycles. The quantitative estimate of drug-likeness (QED) is 0.363. The molecule has 0 aliphatic rings. The van der Waals surface area contributed by atoms with E-state index in [0.29, 0.717) is 28.8 Å². The summed E-state index contributed by atoms with van der Waals surface area (Å²) in [6.45, 7) is 2.54. The van der Waals surface area contributed by atoms with E-state index in [0.717, 1.165) is 16.8 Å². The van der Waals surface area contributed by atoms with E-state index in [4.69, 9.17) is 26.2 Å². The molecule has 11 heteroatoms. The van der Waals surface area contributed by atoms with E-state index in [1.54, 1.807) is 28.7 Å². The van der Waals surface area contributed by atoms with Gasteiger partial charge in [-0.25, -0.2) is 14.5 Å². The third-order valence-corrected chi connectivity index (χ3v) is 5.13. The maximum absolute atomic E-state index is 13.0. The third-order valence-electron chi connectivity index (χ3n) is 4.93. The van der Waals surface area contributed by atoms with Crippen LogP contribution in [0.5, 0.6) is 5.88 Å². The minimum atomic E-state index is -0.501. The number of aromatic nitrogens is 5. The van der Waals surface area contributed by atoms with Crippen molar-refractivity contribution in [3.05, 3.63) is 65.6 Å². The summed E-state index contributed by atoms with van der Waals surface area (Å²) in [6, 6.07) is 10.6. The Morgan fingerprint density at radius 2 is 1.94 bits per heavy atom. The smallest absolute Gasteiger partial charge is 0.325 e. The molecule has 0 spiro atoms. The van der Waals surface area contributed by atoms with Gasteiger partial charge in [-0.05, 0) is 25.1 Å². The summed E-state index contributed by atoms with van der Waals surface area (Å²) < 4.78 is 14.0. The first kappa shape index (κ1) is 23.3. The number of nitrogens with zero attached hydrogens (tertiary/aromatic N) is 5. The molecular formula is C23H24ClN7O3. The van der Waals surface area contributed by atoms with Crippen molar-refractivity contribution in [1.29, 1.82) is 0 Å². The molecule has 4 rings (SSSR count). The number of hydrogen-bond donors (Lipinski definition) is 2. The number of rotatable bonds is 8. The van der Waals surface area contributed by atoms with Crippen LogP contribution in [0, 0.1) is 6.92 Å². The number of aryl methyl sites for hydroxylation is 1. The lowest BCUT2D eigenvalue weighted by molar-refractivity contribution is 0.144. The molecule has 0 unspecified atom stereocenters.